The van der Waals surface area contributed by atoms with Crippen LogP contribution >= 0.6 is 0 Å². The Morgan fingerprint density at radius 2 is 1.68 bits per heavy atom. The van der Waals surface area contributed by atoms with Gasteiger partial charge in [0.05, 0.1) is 18.4 Å². The maximum Gasteiger partial charge on any atom is 0.324 e. The highest BCUT2D eigenvalue weighted by atomic mass is 16.4. The van der Waals surface area contributed by atoms with Gasteiger partial charge in [0, 0.05) is 12.6 Å². The molecule has 190 valence electrons. The summed E-state index contributed by atoms with van der Waals surface area (Å²) < 4.78 is 0. The van der Waals surface area contributed by atoms with Crippen LogP contribution in [0.15, 0.2) is 72.8 Å². The lowest BCUT2D eigenvalue weighted by atomic mass is 9.76. The minimum atomic E-state index is -1.69. The van der Waals surface area contributed by atoms with Crippen LogP contribution < -0.4 is 16.4 Å². The molecule has 9 heteroatoms. The van der Waals surface area contributed by atoms with Gasteiger partial charge >= 0.3 is 12.0 Å². The number of nitrogens with zero attached hydrogens (tertiary/aromatic N) is 1. The predicted molar refractivity (Wildman–Crippen MR) is 136 cm³/mol. The van der Waals surface area contributed by atoms with Crippen molar-refractivity contribution in [1.29, 1.82) is 0 Å². The van der Waals surface area contributed by atoms with E-state index in [2.05, 4.69) is 10.6 Å². The average Bonchev–Trinajstić information content (AvgIpc) is 3.37. The first-order valence-electron chi connectivity index (χ1n) is 12.2. The number of rotatable bonds is 8. The number of imide groups is 1. The van der Waals surface area contributed by atoms with Crippen LogP contribution in [-0.4, -0.2) is 45.9 Å². The molecular formula is C28H28N4O5. The zero-order chi connectivity index (χ0) is 26.2. The summed E-state index contributed by atoms with van der Waals surface area (Å²) in [5.41, 5.74) is 5.02. The molecule has 4 atom stereocenters. The topological polar surface area (TPSA) is 142 Å². The van der Waals surface area contributed by atoms with E-state index >= 15 is 0 Å². The Labute approximate surface area is 213 Å². The fraction of sp³-hybridized carbons (Fsp3) is 0.286. The summed E-state index contributed by atoms with van der Waals surface area (Å²) in [7, 11) is 0. The summed E-state index contributed by atoms with van der Waals surface area (Å²) in [6.07, 6.45) is 0.289. The van der Waals surface area contributed by atoms with Gasteiger partial charge in [-0.3, -0.25) is 24.6 Å². The number of carboxylic acid groups (broad SMARTS) is 1. The van der Waals surface area contributed by atoms with Crippen molar-refractivity contribution in [3.8, 4) is 0 Å². The van der Waals surface area contributed by atoms with E-state index in [0.717, 1.165) is 21.9 Å². The number of benzene rings is 3. The Balaban J connectivity index is 1.58. The fourth-order valence-corrected chi connectivity index (χ4v) is 5.88. The molecule has 4 unspecified atom stereocenters. The largest absolute Gasteiger partial charge is 0.480 e. The number of hydrogen-bond acceptors (Lipinski definition) is 5. The quantitative estimate of drug-likeness (QED) is 0.277. The number of likely N-dealkylation sites (tertiary alicyclic amines) is 1. The van der Waals surface area contributed by atoms with Gasteiger partial charge in [0.25, 0.3) is 0 Å². The number of carbonyl (C=O) groups excluding carboxylic acids is 3. The highest BCUT2D eigenvalue weighted by Crippen LogP contribution is 2.51. The number of carboxylic acids is 1. The predicted octanol–water partition coefficient (Wildman–Crippen LogP) is 2.56. The van der Waals surface area contributed by atoms with Crippen molar-refractivity contribution >= 4 is 34.6 Å². The Morgan fingerprint density at radius 1 is 0.973 bits per heavy atom. The van der Waals surface area contributed by atoms with Gasteiger partial charge in [0.1, 0.15) is 5.54 Å². The number of nitrogens with two attached hydrogens (primary N) is 1. The van der Waals surface area contributed by atoms with Crippen LogP contribution in [0.4, 0.5) is 4.79 Å². The van der Waals surface area contributed by atoms with Crippen LogP contribution in [0.5, 0.6) is 0 Å². The molecule has 0 saturated carbocycles. The normalized spacial score (nSPS) is 24.9. The van der Waals surface area contributed by atoms with E-state index in [4.69, 9.17) is 5.73 Å². The summed E-state index contributed by atoms with van der Waals surface area (Å²) in [4.78, 5) is 52.9. The average molecular weight is 501 g/mol. The summed E-state index contributed by atoms with van der Waals surface area (Å²) >= 11 is 0. The van der Waals surface area contributed by atoms with Crippen molar-refractivity contribution in [3.63, 3.8) is 0 Å². The van der Waals surface area contributed by atoms with Gasteiger partial charge in [-0.05, 0) is 34.7 Å². The molecule has 2 heterocycles. The molecule has 2 saturated heterocycles. The van der Waals surface area contributed by atoms with Crippen molar-refractivity contribution in [3.05, 3.63) is 83.9 Å². The third-order valence-electron chi connectivity index (χ3n) is 7.52. The van der Waals surface area contributed by atoms with Crippen molar-refractivity contribution < 1.29 is 24.3 Å². The summed E-state index contributed by atoms with van der Waals surface area (Å²) in [5, 5.41) is 18.1. The first kappa shape index (κ1) is 24.5. The summed E-state index contributed by atoms with van der Waals surface area (Å²) in [5.74, 6) is -4.07. The molecule has 9 nitrogen and oxygen atoms in total. The van der Waals surface area contributed by atoms with Gasteiger partial charge in [-0.15, -0.1) is 0 Å². The molecule has 0 aliphatic carbocycles. The standard InChI is InChI=1S/C28H28N4O5/c29-27(37)30-15-7-14-28(26(35)36)22-21(24(33)32(25(22)34)16-17-8-2-1-3-9-17)23(31-28)20-13-6-11-18-10-4-5-12-19(18)20/h1-6,8-13,21-23,31H,7,14-16H2,(H,35,36)(H3,29,30,37). The fourth-order valence-electron chi connectivity index (χ4n) is 5.88. The minimum Gasteiger partial charge on any atom is -0.480 e. The molecule has 0 radical (unpaired) electrons. The Morgan fingerprint density at radius 3 is 2.41 bits per heavy atom. The zero-order valence-corrected chi connectivity index (χ0v) is 20.1. The van der Waals surface area contributed by atoms with E-state index in [1.54, 1.807) is 0 Å². The Kier molecular flexibility index (Phi) is 6.39. The molecule has 2 aliphatic rings. The summed E-state index contributed by atoms with van der Waals surface area (Å²) in [6.45, 7) is 0.227. The van der Waals surface area contributed by atoms with Gasteiger partial charge in [-0.2, -0.15) is 0 Å². The van der Waals surface area contributed by atoms with E-state index in [1.165, 1.54) is 4.90 Å². The maximum atomic E-state index is 13.8. The molecule has 0 bridgehead atoms. The van der Waals surface area contributed by atoms with Gasteiger partial charge in [0.15, 0.2) is 0 Å². The van der Waals surface area contributed by atoms with E-state index in [-0.39, 0.29) is 31.8 Å². The maximum absolute atomic E-state index is 13.8. The van der Waals surface area contributed by atoms with E-state index in [1.807, 2.05) is 72.8 Å². The highest BCUT2D eigenvalue weighted by Gasteiger charge is 2.68. The molecule has 5 N–H and O–H groups in total. The minimum absolute atomic E-state index is 0.0310. The Hall–Kier alpha value is -4.24. The van der Waals surface area contributed by atoms with Crippen LogP contribution in [0.3, 0.4) is 0 Å². The molecule has 3 aromatic carbocycles. The third-order valence-corrected chi connectivity index (χ3v) is 7.52. The van der Waals surface area contributed by atoms with Crippen molar-refractivity contribution in [2.75, 3.05) is 6.54 Å². The molecule has 3 aromatic rings. The number of carbonyl (C=O) groups is 4. The lowest BCUT2D eigenvalue weighted by Gasteiger charge is -2.31. The molecule has 2 fully saturated rings. The second-order valence-electron chi connectivity index (χ2n) is 9.61. The number of aliphatic carboxylic acids is 1. The molecule has 4 amide bonds. The molecule has 2 aliphatic heterocycles. The van der Waals surface area contributed by atoms with Gasteiger partial charge < -0.3 is 16.2 Å². The number of nitrogens with one attached hydrogen (secondary N) is 2. The first-order chi connectivity index (χ1) is 17.8. The lowest BCUT2D eigenvalue weighted by molar-refractivity contribution is -0.152. The third kappa shape index (κ3) is 4.21. The molecular weight excluding hydrogens is 472 g/mol. The number of hydrogen-bond donors (Lipinski definition) is 4. The summed E-state index contributed by atoms with van der Waals surface area (Å²) in [6, 6.07) is 21.2. The SMILES string of the molecule is NC(=O)NCCCC1(C(=O)O)NC(c2cccc3ccccc23)C2C(=O)N(Cc3ccccc3)C(=O)C21. The number of urea groups is 1. The van der Waals surface area contributed by atoms with E-state index < -0.39 is 41.3 Å². The van der Waals surface area contributed by atoms with Gasteiger partial charge in [0.2, 0.25) is 11.8 Å². The van der Waals surface area contributed by atoms with Crippen molar-refractivity contribution in [1.82, 2.24) is 15.5 Å². The second-order valence-corrected chi connectivity index (χ2v) is 9.61. The van der Waals surface area contributed by atoms with Gasteiger partial charge in [-0.1, -0.05) is 72.8 Å². The number of fused-ring (bicyclic) bond motifs is 2. The Bertz CT molecular complexity index is 1370. The van der Waals surface area contributed by atoms with E-state index in [0.29, 0.717) is 0 Å². The second kappa shape index (κ2) is 9.67. The zero-order valence-electron chi connectivity index (χ0n) is 20.1. The van der Waals surface area contributed by atoms with Crippen LogP contribution in [0.25, 0.3) is 10.8 Å². The van der Waals surface area contributed by atoms with Crippen LogP contribution in [0.2, 0.25) is 0 Å². The monoisotopic (exact) mass is 500 g/mol. The highest BCUT2D eigenvalue weighted by molar-refractivity contribution is 6.09. The smallest absolute Gasteiger partial charge is 0.324 e. The molecule has 0 aromatic heterocycles. The van der Waals surface area contributed by atoms with Crippen LogP contribution in [-0.2, 0) is 20.9 Å². The van der Waals surface area contributed by atoms with Gasteiger partial charge in [-0.25, -0.2) is 4.79 Å². The molecule has 37 heavy (non-hydrogen) atoms. The van der Waals surface area contributed by atoms with E-state index in [9.17, 15) is 24.3 Å². The van der Waals surface area contributed by atoms with Crippen molar-refractivity contribution in [2.45, 2.75) is 31.0 Å². The van der Waals surface area contributed by atoms with Crippen LogP contribution in [0.1, 0.15) is 30.0 Å². The number of amides is 4. The molecule has 0 spiro atoms. The van der Waals surface area contributed by atoms with Crippen molar-refractivity contribution in [2.24, 2.45) is 17.6 Å². The number of primary amides is 1. The molecule has 5 rings (SSSR count). The first-order valence-corrected chi connectivity index (χ1v) is 12.2. The van der Waals surface area contributed by atoms with Crippen LogP contribution in [0, 0.1) is 11.8 Å². The lowest BCUT2D eigenvalue weighted by Crippen LogP contribution is -2.56.